The number of hydrogen-bond acceptors (Lipinski definition) is 4. The van der Waals surface area contributed by atoms with E-state index in [-0.39, 0.29) is 26.9 Å². The van der Waals surface area contributed by atoms with Gasteiger partial charge in [-0.15, -0.1) is 0 Å². The van der Waals surface area contributed by atoms with E-state index in [1.807, 2.05) is 0 Å². The molecule has 0 fully saturated rings. The second-order valence-corrected chi connectivity index (χ2v) is 3.86. The fourth-order valence-corrected chi connectivity index (χ4v) is 1.41. The highest BCUT2D eigenvalue weighted by Crippen LogP contribution is 2.29. The molecule has 1 aromatic rings. The summed E-state index contributed by atoms with van der Waals surface area (Å²) >= 11 is 11.5. The second kappa shape index (κ2) is 5.92. The molecule has 0 unspecified atom stereocenters. The van der Waals surface area contributed by atoms with Crippen LogP contribution in [0.2, 0.25) is 10.0 Å². The average Bonchev–Trinajstić information content (AvgIpc) is 2.34. The lowest BCUT2D eigenvalue weighted by molar-refractivity contribution is 0.0698. The number of nitrogens with zero attached hydrogens (tertiary/aromatic N) is 2. The van der Waals surface area contributed by atoms with Crippen LogP contribution in [0.3, 0.4) is 0 Å². The number of nitriles is 2. The molecular formula is C11H5Cl2N3O2. The molecule has 0 aromatic heterocycles. The highest BCUT2D eigenvalue weighted by molar-refractivity contribution is 6.42. The molecule has 0 aliphatic heterocycles. The van der Waals surface area contributed by atoms with Crippen molar-refractivity contribution < 1.29 is 9.90 Å². The summed E-state index contributed by atoms with van der Waals surface area (Å²) in [6.07, 6.45) is 1.09. The van der Waals surface area contributed by atoms with Crippen LogP contribution in [-0.4, -0.2) is 11.1 Å². The lowest BCUT2D eigenvalue weighted by Crippen LogP contribution is -2.03. The van der Waals surface area contributed by atoms with Gasteiger partial charge >= 0.3 is 5.97 Å². The Morgan fingerprint density at radius 3 is 2.33 bits per heavy atom. The molecule has 0 aliphatic rings. The number of halogens is 2. The number of rotatable bonds is 3. The lowest BCUT2D eigenvalue weighted by Gasteiger charge is -2.07. The normalized spacial score (nSPS) is 8.89. The second-order valence-electron chi connectivity index (χ2n) is 3.04. The molecule has 0 atom stereocenters. The molecule has 0 saturated heterocycles. The first-order chi connectivity index (χ1) is 8.49. The Bertz CT molecular complexity index is 596. The minimum absolute atomic E-state index is 0.101. The lowest BCUT2D eigenvalue weighted by atomic mass is 10.2. The van der Waals surface area contributed by atoms with Gasteiger partial charge in [0.1, 0.15) is 17.7 Å². The van der Waals surface area contributed by atoms with Crippen molar-refractivity contribution in [2.45, 2.75) is 0 Å². The van der Waals surface area contributed by atoms with E-state index < -0.39 is 5.97 Å². The van der Waals surface area contributed by atoms with E-state index in [0.29, 0.717) is 0 Å². The van der Waals surface area contributed by atoms with Crippen LogP contribution in [0, 0.1) is 22.7 Å². The minimum atomic E-state index is -1.21. The van der Waals surface area contributed by atoms with Gasteiger partial charge in [0, 0.05) is 6.20 Å². The number of carboxylic acids is 1. The molecule has 1 aromatic carbocycles. The summed E-state index contributed by atoms with van der Waals surface area (Å²) in [6, 6.07) is 5.74. The molecule has 0 spiro atoms. The van der Waals surface area contributed by atoms with Crippen LogP contribution in [0.5, 0.6) is 0 Å². The first-order valence-electron chi connectivity index (χ1n) is 4.48. The molecule has 7 heteroatoms. The molecule has 0 aliphatic carbocycles. The molecule has 0 saturated carbocycles. The van der Waals surface area contributed by atoms with Gasteiger partial charge in [0.2, 0.25) is 0 Å². The van der Waals surface area contributed by atoms with Crippen molar-refractivity contribution in [2.24, 2.45) is 0 Å². The fourth-order valence-electron chi connectivity index (χ4n) is 1.08. The van der Waals surface area contributed by atoms with E-state index in [4.69, 9.17) is 38.8 Å². The Morgan fingerprint density at radius 1 is 1.28 bits per heavy atom. The van der Waals surface area contributed by atoms with Crippen LogP contribution in [0.1, 0.15) is 10.4 Å². The van der Waals surface area contributed by atoms with Gasteiger partial charge in [0.25, 0.3) is 0 Å². The molecule has 5 nitrogen and oxygen atoms in total. The standard InChI is InChI=1S/C11H5Cl2N3O2/c12-8-1-7(11(17)18)10(2-9(8)13)16-5-6(3-14)4-15/h1-2,5,16H,(H,17,18). The maximum Gasteiger partial charge on any atom is 0.337 e. The van der Waals surface area contributed by atoms with E-state index >= 15 is 0 Å². The summed E-state index contributed by atoms with van der Waals surface area (Å²) in [5.41, 5.74) is -0.173. The van der Waals surface area contributed by atoms with Crippen molar-refractivity contribution in [3.05, 3.63) is 39.5 Å². The van der Waals surface area contributed by atoms with Gasteiger partial charge in [-0.1, -0.05) is 23.2 Å². The highest BCUT2D eigenvalue weighted by Gasteiger charge is 2.13. The van der Waals surface area contributed by atoms with Crippen LogP contribution in [0.15, 0.2) is 23.9 Å². The summed E-state index contributed by atoms with van der Waals surface area (Å²) in [4.78, 5) is 11.0. The molecular weight excluding hydrogens is 277 g/mol. The van der Waals surface area contributed by atoms with E-state index in [1.165, 1.54) is 12.1 Å². The summed E-state index contributed by atoms with van der Waals surface area (Å²) in [7, 11) is 0. The number of nitrogens with one attached hydrogen (secondary N) is 1. The van der Waals surface area contributed by atoms with E-state index in [0.717, 1.165) is 6.20 Å². The molecule has 18 heavy (non-hydrogen) atoms. The first kappa shape index (κ1) is 13.9. The maximum absolute atomic E-state index is 11.0. The Hall–Kier alpha value is -2.21. The monoisotopic (exact) mass is 281 g/mol. The Balaban J connectivity index is 3.21. The van der Waals surface area contributed by atoms with Gasteiger partial charge in [-0.25, -0.2) is 4.79 Å². The zero-order valence-corrected chi connectivity index (χ0v) is 10.2. The smallest absolute Gasteiger partial charge is 0.337 e. The van der Waals surface area contributed by atoms with Crippen molar-refractivity contribution >= 4 is 34.9 Å². The molecule has 0 bridgehead atoms. The predicted molar refractivity (Wildman–Crippen MR) is 66.4 cm³/mol. The fraction of sp³-hybridized carbons (Fsp3) is 0. The number of carboxylic acid groups (broad SMARTS) is 1. The van der Waals surface area contributed by atoms with Crippen LogP contribution < -0.4 is 5.32 Å². The topological polar surface area (TPSA) is 96.9 Å². The predicted octanol–water partition coefficient (Wildman–Crippen LogP) is 3.03. The largest absolute Gasteiger partial charge is 0.478 e. The minimum Gasteiger partial charge on any atom is -0.478 e. The van der Waals surface area contributed by atoms with Crippen molar-refractivity contribution in [3.63, 3.8) is 0 Å². The van der Waals surface area contributed by atoms with Crippen LogP contribution in [-0.2, 0) is 0 Å². The van der Waals surface area contributed by atoms with Gasteiger partial charge < -0.3 is 10.4 Å². The Kier molecular flexibility index (Phi) is 4.56. The van der Waals surface area contributed by atoms with Gasteiger partial charge in [-0.2, -0.15) is 10.5 Å². The zero-order chi connectivity index (χ0) is 13.7. The number of carbonyl (C=O) groups is 1. The Morgan fingerprint density at radius 2 is 1.83 bits per heavy atom. The molecule has 0 heterocycles. The molecule has 1 rings (SSSR count). The number of hydrogen-bond donors (Lipinski definition) is 2. The third kappa shape index (κ3) is 3.14. The van der Waals surface area contributed by atoms with Crippen LogP contribution >= 0.6 is 23.2 Å². The SMILES string of the molecule is N#CC(C#N)=CNc1cc(Cl)c(Cl)cc1C(=O)O. The van der Waals surface area contributed by atoms with Crippen molar-refractivity contribution in [1.29, 1.82) is 10.5 Å². The average molecular weight is 282 g/mol. The third-order valence-electron chi connectivity index (χ3n) is 1.90. The maximum atomic E-state index is 11.0. The molecule has 0 amide bonds. The van der Waals surface area contributed by atoms with Gasteiger partial charge in [0.15, 0.2) is 0 Å². The number of benzene rings is 1. The highest BCUT2D eigenvalue weighted by atomic mass is 35.5. The summed E-state index contributed by atoms with van der Waals surface area (Å²) in [5.74, 6) is -1.21. The first-order valence-corrected chi connectivity index (χ1v) is 5.24. The van der Waals surface area contributed by atoms with Crippen molar-refractivity contribution in [3.8, 4) is 12.1 Å². The van der Waals surface area contributed by atoms with Gasteiger partial charge in [-0.3, -0.25) is 0 Å². The van der Waals surface area contributed by atoms with Crippen molar-refractivity contribution in [1.82, 2.24) is 0 Å². The van der Waals surface area contributed by atoms with Gasteiger partial charge in [0.05, 0.1) is 21.3 Å². The van der Waals surface area contributed by atoms with Gasteiger partial charge in [-0.05, 0) is 12.1 Å². The van der Waals surface area contributed by atoms with Crippen LogP contribution in [0.4, 0.5) is 5.69 Å². The molecule has 90 valence electrons. The molecule has 2 N–H and O–H groups in total. The van der Waals surface area contributed by atoms with E-state index in [2.05, 4.69) is 5.32 Å². The zero-order valence-electron chi connectivity index (χ0n) is 8.74. The number of anilines is 1. The summed E-state index contributed by atoms with van der Waals surface area (Å²) < 4.78 is 0. The quantitative estimate of drug-likeness (QED) is 0.830. The van der Waals surface area contributed by atoms with Crippen LogP contribution in [0.25, 0.3) is 0 Å². The number of allylic oxidation sites excluding steroid dienone is 1. The van der Waals surface area contributed by atoms with E-state index in [1.54, 1.807) is 12.1 Å². The summed E-state index contributed by atoms with van der Waals surface area (Å²) in [5, 5.41) is 28.8. The summed E-state index contributed by atoms with van der Waals surface area (Å²) in [6.45, 7) is 0. The van der Waals surface area contributed by atoms with Crippen molar-refractivity contribution in [2.75, 3.05) is 5.32 Å². The van der Waals surface area contributed by atoms with E-state index in [9.17, 15) is 4.79 Å². The Labute approximate surface area is 112 Å². The molecule has 0 radical (unpaired) electrons. The number of aromatic carboxylic acids is 1. The third-order valence-corrected chi connectivity index (χ3v) is 2.63.